The summed E-state index contributed by atoms with van der Waals surface area (Å²) in [4.78, 5) is 25.9. The fraction of sp³-hybridized carbons (Fsp3) is 0.500. The minimum Gasteiger partial charge on any atom is -0.384 e. The van der Waals surface area contributed by atoms with Gasteiger partial charge in [-0.05, 0) is 38.3 Å². The molecule has 5 heteroatoms. The number of hydrogen-bond donors (Lipinski definition) is 2. The zero-order chi connectivity index (χ0) is 15.2. The first-order valence-corrected chi connectivity index (χ1v) is 7.59. The first-order chi connectivity index (χ1) is 10.2. The van der Waals surface area contributed by atoms with Gasteiger partial charge in [0.1, 0.15) is 0 Å². The summed E-state index contributed by atoms with van der Waals surface area (Å²) in [6.45, 7) is 6.11. The van der Waals surface area contributed by atoms with E-state index in [-0.39, 0.29) is 18.4 Å². The molecule has 1 aliphatic heterocycles. The summed E-state index contributed by atoms with van der Waals surface area (Å²) in [7, 11) is 0. The average molecular weight is 289 g/mol. The Hall–Kier alpha value is -2.04. The Balaban J connectivity index is 2.03. The zero-order valence-corrected chi connectivity index (χ0v) is 12.7. The summed E-state index contributed by atoms with van der Waals surface area (Å²) in [5.41, 5.74) is 2.71. The third-order valence-corrected chi connectivity index (χ3v) is 3.84. The van der Waals surface area contributed by atoms with E-state index in [4.69, 9.17) is 0 Å². The highest BCUT2D eigenvalue weighted by atomic mass is 16.2. The van der Waals surface area contributed by atoms with E-state index in [1.54, 1.807) is 11.0 Å². The summed E-state index contributed by atoms with van der Waals surface area (Å²) in [6, 6.07) is 5.74. The van der Waals surface area contributed by atoms with E-state index in [1.165, 1.54) is 5.56 Å². The summed E-state index contributed by atoms with van der Waals surface area (Å²) in [5, 5.41) is 6.02. The number of para-hydroxylation sites is 1. The average Bonchev–Trinajstić information content (AvgIpc) is 2.53. The van der Waals surface area contributed by atoms with Crippen LogP contribution < -0.4 is 10.6 Å². The van der Waals surface area contributed by atoms with Crippen LogP contribution in [0.15, 0.2) is 18.2 Å². The lowest BCUT2D eigenvalue weighted by molar-refractivity contribution is -0.129. The number of amides is 2. The predicted molar refractivity (Wildman–Crippen MR) is 83.5 cm³/mol. The van der Waals surface area contributed by atoms with E-state index in [2.05, 4.69) is 10.6 Å². The topological polar surface area (TPSA) is 61.4 Å². The number of carbonyl (C=O) groups excluding carboxylic acids is 2. The number of benzene rings is 1. The Morgan fingerprint density at radius 3 is 2.76 bits per heavy atom. The van der Waals surface area contributed by atoms with E-state index in [1.807, 2.05) is 26.0 Å². The Kier molecular flexibility index (Phi) is 5.20. The SMILES string of the molecule is CCN(CC)C(=O)CNC(=O)c1cccc2c1NCCC2. The second kappa shape index (κ2) is 7.11. The van der Waals surface area contributed by atoms with Crippen molar-refractivity contribution in [2.45, 2.75) is 26.7 Å². The smallest absolute Gasteiger partial charge is 0.253 e. The van der Waals surface area contributed by atoms with Gasteiger partial charge in [0, 0.05) is 19.6 Å². The molecule has 2 amide bonds. The second-order valence-corrected chi connectivity index (χ2v) is 5.12. The van der Waals surface area contributed by atoms with Crippen LogP contribution in [0.2, 0.25) is 0 Å². The lowest BCUT2D eigenvalue weighted by atomic mass is 9.99. The molecular formula is C16H23N3O2. The van der Waals surface area contributed by atoms with Gasteiger partial charge in [-0.2, -0.15) is 0 Å². The first kappa shape index (κ1) is 15.4. The van der Waals surface area contributed by atoms with Crippen LogP contribution in [0.3, 0.4) is 0 Å². The van der Waals surface area contributed by atoms with Crippen LogP contribution in [0.4, 0.5) is 5.69 Å². The number of hydrogen-bond acceptors (Lipinski definition) is 3. The van der Waals surface area contributed by atoms with Crippen molar-refractivity contribution < 1.29 is 9.59 Å². The van der Waals surface area contributed by atoms with Crippen molar-refractivity contribution >= 4 is 17.5 Å². The molecule has 0 spiro atoms. The quantitative estimate of drug-likeness (QED) is 0.866. The van der Waals surface area contributed by atoms with Crippen LogP contribution in [-0.2, 0) is 11.2 Å². The lowest BCUT2D eigenvalue weighted by Crippen LogP contribution is -2.40. The molecule has 1 aromatic carbocycles. The van der Waals surface area contributed by atoms with Crippen LogP contribution in [0.1, 0.15) is 36.2 Å². The van der Waals surface area contributed by atoms with Crippen LogP contribution in [-0.4, -0.2) is 42.9 Å². The van der Waals surface area contributed by atoms with Gasteiger partial charge >= 0.3 is 0 Å². The molecule has 0 radical (unpaired) electrons. The maximum Gasteiger partial charge on any atom is 0.253 e. The van der Waals surface area contributed by atoms with E-state index < -0.39 is 0 Å². The molecule has 114 valence electrons. The Labute approximate surface area is 125 Å². The second-order valence-electron chi connectivity index (χ2n) is 5.12. The van der Waals surface area contributed by atoms with Crippen molar-refractivity contribution in [2.75, 3.05) is 31.5 Å². The monoisotopic (exact) mass is 289 g/mol. The highest BCUT2D eigenvalue weighted by molar-refractivity contribution is 6.01. The largest absolute Gasteiger partial charge is 0.384 e. The van der Waals surface area contributed by atoms with E-state index >= 15 is 0 Å². The van der Waals surface area contributed by atoms with Crippen molar-refractivity contribution in [3.63, 3.8) is 0 Å². The molecule has 1 aromatic rings. The van der Waals surface area contributed by atoms with Crippen LogP contribution in [0.5, 0.6) is 0 Å². The van der Waals surface area contributed by atoms with E-state index in [0.717, 1.165) is 25.1 Å². The number of rotatable bonds is 5. The molecule has 0 saturated heterocycles. The fourth-order valence-electron chi connectivity index (χ4n) is 2.64. The number of aryl methyl sites for hydroxylation is 1. The van der Waals surface area contributed by atoms with E-state index in [9.17, 15) is 9.59 Å². The number of fused-ring (bicyclic) bond motifs is 1. The molecule has 1 aliphatic rings. The summed E-state index contributed by atoms with van der Waals surface area (Å²) < 4.78 is 0. The molecular weight excluding hydrogens is 266 g/mol. The standard InChI is InChI=1S/C16H23N3O2/c1-3-19(4-2)14(20)11-18-16(21)13-9-5-7-12-8-6-10-17-15(12)13/h5,7,9,17H,3-4,6,8,10-11H2,1-2H3,(H,18,21). The third kappa shape index (κ3) is 3.54. The number of anilines is 1. The number of nitrogens with one attached hydrogen (secondary N) is 2. The predicted octanol–water partition coefficient (Wildman–Crippen LogP) is 1.64. The fourth-order valence-corrected chi connectivity index (χ4v) is 2.64. The maximum atomic E-state index is 12.3. The van der Waals surface area contributed by atoms with Crippen molar-refractivity contribution in [2.24, 2.45) is 0 Å². The molecule has 0 aliphatic carbocycles. The molecule has 0 fully saturated rings. The number of likely N-dealkylation sites (N-methyl/N-ethyl adjacent to an activating group) is 1. The number of carbonyl (C=O) groups is 2. The normalized spacial score (nSPS) is 13.0. The highest BCUT2D eigenvalue weighted by Gasteiger charge is 2.18. The summed E-state index contributed by atoms with van der Waals surface area (Å²) in [6.07, 6.45) is 2.07. The van der Waals surface area contributed by atoms with Crippen molar-refractivity contribution in [3.8, 4) is 0 Å². The van der Waals surface area contributed by atoms with Gasteiger partial charge in [-0.1, -0.05) is 12.1 Å². The molecule has 2 N–H and O–H groups in total. The van der Waals surface area contributed by atoms with Crippen LogP contribution >= 0.6 is 0 Å². The van der Waals surface area contributed by atoms with Gasteiger partial charge in [0.15, 0.2) is 0 Å². The Morgan fingerprint density at radius 2 is 2.05 bits per heavy atom. The molecule has 0 atom stereocenters. The lowest BCUT2D eigenvalue weighted by Gasteiger charge is -2.21. The van der Waals surface area contributed by atoms with Gasteiger partial charge in [0.2, 0.25) is 5.91 Å². The molecule has 0 unspecified atom stereocenters. The molecule has 0 saturated carbocycles. The summed E-state index contributed by atoms with van der Waals surface area (Å²) in [5.74, 6) is -0.243. The summed E-state index contributed by atoms with van der Waals surface area (Å²) >= 11 is 0. The van der Waals surface area contributed by atoms with E-state index in [0.29, 0.717) is 18.7 Å². The third-order valence-electron chi connectivity index (χ3n) is 3.84. The van der Waals surface area contributed by atoms with Crippen LogP contribution in [0, 0.1) is 0 Å². The highest BCUT2D eigenvalue weighted by Crippen LogP contribution is 2.25. The molecule has 5 nitrogen and oxygen atoms in total. The van der Waals surface area contributed by atoms with Crippen molar-refractivity contribution in [3.05, 3.63) is 29.3 Å². The maximum absolute atomic E-state index is 12.3. The van der Waals surface area contributed by atoms with Crippen molar-refractivity contribution in [1.82, 2.24) is 10.2 Å². The molecule has 0 bridgehead atoms. The zero-order valence-electron chi connectivity index (χ0n) is 12.7. The Morgan fingerprint density at radius 1 is 1.29 bits per heavy atom. The van der Waals surface area contributed by atoms with Crippen molar-refractivity contribution in [1.29, 1.82) is 0 Å². The number of nitrogens with zero attached hydrogens (tertiary/aromatic N) is 1. The van der Waals surface area contributed by atoms with Gasteiger partial charge in [-0.15, -0.1) is 0 Å². The van der Waals surface area contributed by atoms with Crippen LogP contribution in [0.25, 0.3) is 0 Å². The molecule has 1 heterocycles. The van der Waals surface area contributed by atoms with Gasteiger partial charge < -0.3 is 15.5 Å². The van der Waals surface area contributed by atoms with Gasteiger partial charge in [0.25, 0.3) is 5.91 Å². The molecule has 2 rings (SSSR count). The van der Waals surface area contributed by atoms with Gasteiger partial charge in [-0.25, -0.2) is 0 Å². The minimum atomic E-state index is -0.193. The molecule has 0 aromatic heterocycles. The van der Waals surface area contributed by atoms with Gasteiger partial charge in [-0.3, -0.25) is 9.59 Å². The van der Waals surface area contributed by atoms with Gasteiger partial charge in [0.05, 0.1) is 17.8 Å². The molecule has 21 heavy (non-hydrogen) atoms. The first-order valence-electron chi connectivity index (χ1n) is 7.59. The minimum absolute atomic E-state index is 0.0458. The Bertz CT molecular complexity index is 524.